The van der Waals surface area contributed by atoms with Gasteiger partial charge in [-0.25, -0.2) is 0 Å². The van der Waals surface area contributed by atoms with Crippen molar-refractivity contribution in [1.29, 1.82) is 0 Å². The number of fused-ring (bicyclic) bond motifs is 2. The lowest BCUT2D eigenvalue weighted by atomic mass is 9.43. The van der Waals surface area contributed by atoms with Crippen molar-refractivity contribution in [3.63, 3.8) is 0 Å². The summed E-state index contributed by atoms with van der Waals surface area (Å²) >= 11 is 0. The number of ether oxygens (including phenoxy) is 1. The minimum atomic E-state index is -1.14. The highest BCUT2D eigenvalue weighted by Crippen LogP contribution is 2.67. The third-order valence-electron chi connectivity index (χ3n) is 7.67. The molecule has 0 radical (unpaired) electrons. The number of carbonyl (C=O) groups excluding carboxylic acids is 1. The number of para-hydroxylation sites is 1. The number of piperidine rings is 2. The number of hydrogen-bond acceptors (Lipinski definition) is 5. The summed E-state index contributed by atoms with van der Waals surface area (Å²) in [4.78, 5) is 18.2. The van der Waals surface area contributed by atoms with Crippen molar-refractivity contribution in [3.8, 4) is 0 Å². The third kappa shape index (κ3) is 1.68. The lowest BCUT2D eigenvalue weighted by molar-refractivity contribution is -0.901. The Bertz CT molecular complexity index is 909. The van der Waals surface area contributed by atoms with Crippen LogP contribution in [-0.4, -0.2) is 54.3 Å². The lowest BCUT2D eigenvalue weighted by Crippen LogP contribution is -2.78. The zero-order valence-electron chi connectivity index (χ0n) is 15.6. The topological polar surface area (TPSA) is 82.0 Å². The van der Waals surface area contributed by atoms with Crippen LogP contribution in [0.25, 0.3) is 0 Å². The van der Waals surface area contributed by atoms with Gasteiger partial charge in [0.25, 0.3) is 0 Å². The Hall–Kier alpha value is -2.02. The Labute approximate surface area is 158 Å². The van der Waals surface area contributed by atoms with E-state index < -0.39 is 16.8 Å². The highest BCUT2D eigenvalue weighted by molar-refractivity contribution is 6.10. The molecular weight excluding hydrogens is 344 g/mol. The molecule has 142 valence electrons. The molecular formula is C21H24N2O4. The number of aliphatic imine (C=N–C) groups is 1. The van der Waals surface area contributed by atoms with Gasteiger partial charge in [0.15, 0.2) is 0 Å². The van der Waals surface area contributed by atoms with Crippen LogP contribution in [0.4, 0.5) is 5.69 Å². The van der Waals surface area contributed by atoms with Crippen molar-refractivity contribution in [3.05, 3.63) is 46.7 Å². The van der Waals surface area contributed by atoms with Crippen LogP contribution in [0.5, 0.6) is 0 Å². The molecule has 1 aromatic rings. The normalized spacial score (nSPS) is 42.5. The van der Waals surface area contributed by atoms with E-state index >= 15 is 0 Å². The molecule has 3 heterocycles. The van der Waals surface area contributed by atoms with E-state index in [1.54, 1.807) is 0 Å². The Morgan fingerprint density at radius 2 is 2.26 bits per heavy atom. The molecule has 5 rings (SSSR count). The highest BCUT2D eigenvalue weighted by Gasteiger charge is 2.76. The van der Waals surface area contributed by atoms with Crippen molar-refractivity contribution in [2.24, 2.45) is 16.3 Å². The first-order chi connectivity index (χ1) is 13.0. The molecule has 1 saturated carbocycles. The van der Waals surface area contributed by atoms with Crippen molar-refractivity contribution < 1.29 is 19.3 Å². The number of allylic oxidation sites excluding steroid dienone is 1. The lowest BCUT2D eigenvalue weighted by Gasteiger charge is -2.68. The van der Waals surface area contributed by atoms with E-state index in [1.807, 2.05) is 37.3 Å². The number of quaternary nitrogens is 1. The smallest absolute Gasteiger partial charge is 0.316 e. The molecule has 0 spiro atoms. The molecule has 1 unspecified atom stereocenters. The summed E-state index contributed by atoms with van der Waals surface area (Å²) in [6.07, 6.45) is 3.00. The minimum Gasteiger partial charge on any atom is -0.632 e. The van der Waals surface area contributed by atoms with Gasteiger partial charge in [0.05, 0.1) is 37.1 Å². The van der Waals surface area contributed by atoms with E-state index in [-0.39, 0.29) is 23.2 Å². The predicted octanol–water partition coefficient (Wildman–Crippen LogP) is 2.23. The van der Waals surface area contributed by atoms with E-state index in [9.17, 15) is 15.1 Å². The van der Waals surface area contributed by atoms with E-state index in [4.69, 9.17) is 9.73 Å². The van der Waals surface area contributed by atoms with Crippen LogP contribution >= 0.6 is 0 Å². The van der Waals surface area contributed by atoms with Gasteiger partial charge in [-0.2, -0.15) is 0 Å². The van der Waals surface area contributed by atoms with E-state index in [2.05, 4.69) is 0 Å². The van der Waals surface area contributed by atoms with Crippen LogP contribution < -0.4 is 0 Å². The number of aliphatic hydroxyl groups is 1. The largest absolute Gasteiger partial charge is 0.632 e. The second-order valence-electron chi connectivity index (χ2n) is 8.29. The second kappa shape index (κ2) is 5.28. The Kier molecular flexibility index (Phi) is 3.34. The molecule has 1 aromatic carbocycles. The number of benzene rings is 1. The summed E-state index contributed by atoms with van der Waals surface area (Å²) in [5.74, 6) is -0.611. The first-order valence-corrected chi connectivity index (χ1v) is 9.59. The Morgan fingerprint density at radius 1 is 1.48 bits per heavy atom. The molecule has 4 aliphatic rings. The summed E-state index contributed by atoms with van der Waals surface area (Å²) in [6.45, 7) is 2.37. The Balaban J connectivity index is 1.88. The SMILES string of the molecule is C/C=C1/C[N+]2([O-])CC[C@]34C(=Nc5ccccc53)[C@@H]2C[C@@H]1[C@]4(CO)C(=O)OC. The summed E-state index contributed by atoms with van der Waals surface area (Å²) in [5.41, 5.74) is 1.62. The molecule has 27 heavy (non-hydrogen) atoms. The second-order valence-corrected chi connectivity index (χ2v) is 8.29. The van der Waals surface area contributed by atoms with E-state index in [0.29, 0.717) is 25.9 Å². The first kappa shape index (κ1) is 17.1. The van der Waals surface area contributed by atoms with Gasteiger partial charge in [0, 0.05) is 18.8 Å². The molecule has 6 nitrogen and oxygen atoms in total. The molecule has 3 bridgehead atoms. The van der Waals surface area contributed by atoms with Gasteiger partial charge in [-0.3, -0.25) is 9.79 Å². The molecule has 0 amide bonds. The first-order valence-electron chi connectivity index (χ1n) is 9.59. The maximum Gasteiger partial charge on any atom is 0.316 e. The maximum atomic E-state index is 13.7. The summed E-state index contributed by atoms with van der Waals surface area (Å²) in [7, 11) is 1.38. The molecule has 5 atom stereocenters. The van der Waals surface area contributed by atoms with Gasteiger partial charge in [0.2, 0.25) is 0 Å². The molecule has 3 fully saturated rings. The molecule has 0 aromatic heterocycles. The monoisotopic (exact) mass is 368 g/mol. The van der Waals surface area contributed by atoms with Crippen LogP contribution in [0.3, 0.4) is 0 Å². The molecule has 3 aliphatic heterocycles. The van der Waals surface area contributed by atoms with Crippen LogP contribution in [0, 0.1) is 16.5 Å². The fourth-order valence-electron chi connectivity index (χ4n) is 6.55. The fourth-order valence-corrected chi connectivity index (χ4v) is 6.55. The zero-order chi connectivity index (χ0) is 19.0. The average molecular weight is 368 g/mol. The number of methoxy groups -OCH3 is 1. The molecule has 1 aliphatic carbocycles. The Morgan fingerprint density at radius 3 is 2.96 bits per heavy atom. The highest BCUT2D eigenvalue weighted by atomic mass is 16.5. The number of rotatable bonds is 2. The molecule has 1 N–H and O–H groups in total. The van der Waals surface area contributed by atoms with Crippen molar-refractivity contribution in [2.45, 2.75) is 31.2 Å². The van der Waals surface area contributed by atoms with Gasteiger partial charge in [-0.1, -0.05) is 24.3 Å². The summed E-state index contributed by atoms with van der Waals surface area (Å²) < 4.78 is 5.00. The predicted molar refractivity (Wildman–Crippen MR) is 100 cm³/mol. The van der Waals surface area contributed by atoms with Crippen molar-refractivity contribution in [1.82, 2.24) is 0 Å². The number of carbonyl (C=O) groups is 1. The zero-order valence-corrected chi connectivity index (χ0v) is 15.6. The number of hydrogen-bond donors (Lipinski definition) is 1. The van der Waals surface area contributed by atoms with Gasteiger partial charge < -0.3 is 19.7 Å². The molecule has 6 heteroatoms. The third-order valence-corrected chi connectivity index (χ3v) is 7.67. The quantitative estimate of drug-likeness (QED) is 0.376. The summed E-state index contributed by atoms with van der Waals surface area (Å²) in [5, 5.41) is 24.5. The van der Waals surface area contributed by atoms with Crippen LogP contribution in [0.15, 0.2) is 40.9 Å². The number of hydroxylamine groups is 3. The number of aliphatic hydroxyl groups excluding tert-OH is 1. The van der Waals surface area contributed by atoms with Crippen LogP contribution in [-0.2, 0) is 14.9 Å². The van der Waals surface area contributed by atoms with E-state index in [1.165, 1.54) is 7.11 Å². The van der Waals surface area contributed by atoms with Crippen LogP contribution in [0.2, 0.25) is 0 Å². The van der Waals surface area contributed by atoms with Crippen molar-refractivity contribution >= 4 is 17.4 Å². The standard InChI is InChI=1S/C21H24N2O4/c1-3-13-11-23(26)9-8-20-14-6-4-5-7-16(14)22-18(20)17(23)10-15(13)21(20,12-24)19(25)27-2/h3-7,15,17,24H,8-12H2,1-2H3/b13-3-/t15-,17-,20+,21+,23?/m0/s1. The van der Waals surface area contributed by atoms with Gasteiger partial charge in [0.1, 0.15) is 18.0 Å². The van der Waals surface area contributed by atoms with E-state index in [0.717, 1.165) is 22.5 Å². The van der Waals surface area contributed by atoms with Crippen LogP contribution in [0.1, 0.15) is 25.3 Å². The van der Waals surface area contributed by atoms with Crippen molar-refractivity contribution in [2.75, 3.05) is 26.8 Å². The fraction of sp³-hybridized carbons (Fsp3) is 0.524. The number of nitrogens with zero attached hydrogens (tertiary/aromatic N) is 2. The van der Waals surface area contributed by atoms with Gasteiger partial charge in [-0.05, 0) is 24.1 Å². The maximum absolute atomic E-state index is 13.7. The molecule has 2 saturated heterocycles. The van der Waals surface area contributed by atoms with Gasteiger partial charge in [-0.15, -0.1) is 0 Å². The number of esters is 1. The van der Waals surface area contributed by atoms with Gasteiger partial charge >= 0.3 is 5.97 Å². The average Bonchev–Trinajstić information content (AvgIpc) is 3.04. The summed E-state index contributed by atoms with van der Waals surface area (Å²) in [6, 6.07) is 7.55. The minimum absolute atomic E-state index is 0.212.